The third-order valence-corrected chi connectivity index (χ3v) is 4.73. The number of para-hydroxylation sites is 3. The first-order valence-corrected chi connectivity index (χ1v) is 9.17. The summed E-state index contributed by atoms with van der Waals surface area (Å²) >= 11 is 0. The minimum absolute atomic E-state index is 0.162. The number of imidazole rings is 2. The highest BCUT2D eigenvalue weighted by molar-refractivity contribution is 5.93. The zero-order chi connectivity index (χ0) is 20.4. The molecular formula is C21H19F2N5O. The van der Waals surface area contributed by atoms with Crippen molar-refractivity contribution in [1.82, 2.24) is 24.4 Å². The molecule has 4 rings (SSSR count). The smallest absolute Gasteiger partial charge is 0.320 e. The third kappa shape index (κ3) is 3.61. The number of hydrogen-bond acceptors (Lipinski definition) is 3. The van der Waals surface area contributed by atoms with Crippen LogP contribution < -0.4 is 5.32 Å². The van der Waals surface area contributed by atoms with Crippen LogP contribution in [0.25, 0.3) is 16.7 Å². The van der Waals surface area contributed by atoms with Gasteiger partial charge in [-0.1, -0.05) is 37.3 Å². The molecule has 2 aromatic heterocycles. The first-order valence-electron chi connectivity index (χ1n) is 9.17. The maximum absolute atomic E-state index is 13.6. The fraction of sp³-hybridized carbons (Fsp3) is 0.190. The van der Waals surface area contributed by atoms with Crippen LogP contribution in [0.1, 0.15) is 35.7 Å². The normalized spacial score (nSPS) is 12.4. The van der Waals surface area contributed by atoms with E-state index >= 15 is 0 Å². The van der Waals surface area contributed by atoms with Crippen molar-refractivity contribution in [1.29, 1.82) is 0 Å². The maximum atomic E-state index is 13.6. The van der Waals surface area contributed by atoms with E-state index in [1.54, 1.807) is 42.1 Å². The van der Waals surface area contributed by atoms with Crippen LogP contribution >= 0.6 is 0 Å². The van der Waals surface area contributed by atoms with Gasteiger partial charge in [0.1, 0.15) is 11.5 Å². The molecule has 0 saturated carbocycles. The Kier molecular flexibility index (Phi) is 5.07. The summed E-state index contributed by atoms with van der Waals surface area (Å²) < 4.78 is 29.9. The molecule has 2 aromatic carbocycles. The van der Waals surface area contributed by atoms with Gasteiger partial charge in [-0.05, 0) is 24.3 Å². The van der Waals surface area contributed by atoms with Gasteiger partial charge in [-0.25, -0.2) is 9.97 Å². The average molecular weight is 395 g/mol. The Bertz CT molecular complexity index is 1140. The lowest BCUT2D eigenvalue weighted by atomic mass is 10.1. The highest BCUT2D eigenvalue weighted by atomic mass is 19.3. The lowest BCUT2D eigenvalue weighted by molar-refractivity contribution is 0.0703. The zero-order valence-electron chi connectivity index (χ0n) is 15.7. The lowest BCUT2D eigenvalue weighted by Gasteiger charge is -2.15. The Balaban J connectivity index is 1.53. The first kappa shape index (κ1) is 18.8. The predicted molar refractivity (Wildman–Crippen MR) is 105 cm³/mol. The van der Waals surface area contributed by atoms with Gasteiger partial charge in [0.2, 0.25) is 0 Å². The van der Waals surface area contributed by atoms with E-state index < -0.39 is 12.5 Å². The largest absolute Gasteiger partial charge is 0.350 e. The van der Waals surface area contributed by atoms with Crippen molar-refractivity contribution < 1.29 is 13.6 Å². The second-order valence-electron chi connectivity index (χ2n) is 6.70. The van der Waals surface area contributed by atoms with Crippen molar-refractivity contribution in [3.05, 3.63) is 78.6 Å². The highest BCUT2D eigenvalue weighted by Gasteiger charge is 2.22. The summed E-state index contributed by atoms with van der Waals surface area (Å²) in [5.41, 5.74) is 2.05. The molecule has 0 spiro atoms. The first-order chi connectivity index (χ1) is 14.1. The Morgan fingerprint density at radius 1 is 1.10 bits per heavy atom. The monoisotopic (exact) mass is 395 g/mol. The summed E-state index contributed by atoms with van der Waals surface area (Å²) in [4.78, 5) is 21.1. The number of amides is 1. The Morgan fingerprint density at radius 3 is 2.59 bits per heavy atom. The second-order valence-corrected chi connectivity index (χ2v) is 6.70. The molecule has 0 aliphatic heterocycles. The number of hydrogen-bond donors (Lipinski definition) is 1. The number of carbonyl (C=O) groups is 1. The molecule has 148 valence electrons. The van der Waals surface area contributed by atoms with Crippen LogP contribution in [0.2, 0.25) is 0 Å². The standard InChI is InChI=1S/C21H19F2N5O/c1-14(19-26-16-9-5-6-10-17(16)28(19)21(22)23)11-25-20(29)18-12-24-13-27(18)15-7-3-2-4-8-15/h2-10,12-14,21H,11H2,1H3,(H,25,29)/t14-/m1/s1. The Morgan fingerprint density at radius 2 is 1.83 bits per heavy atom. The van der Waals surface area contributed by atoms with Crippen LogP contribution in [0.15, 0.2) is 67.1 Å². The number of aromatic nitrogens is 4. The van der Waals surface area contributed by atoms with Gasteiger partial charge in [0.25, 0.3) is 5.91 Å². The molecule has 29 heavy (non-hydrogen) atoms. The zero-order valence-corrected chi connectivity index (χ0v) is 15.7. The number of rotatable bonds is 6. The summed E-state index contributed by atoms with van der Waals surface area (Å²) in [6, 6.07) is 16.1. The second kappa shape index (κ2) is 7.83. The van der Waals surface area contributed by atoms with Gasteiger partial charge in [-0.3, -0.25) is 13.9 Å². The maximum Gasteiger partial charge on any atom is 0.320 e. The number of nitrogens with one attached hydrogen (secondary N) is 1. The molecule has 0 unspecified atom stereocenters. The number of halogens is 2. The van der Waals surface area contributed by atoms with E-state index in [9.17, 15) is 13.6 Å². The molecule has 2 heterocycles. The molecule has 6 nitrogen and oxygen atoms in total. The van der Waals surface area contributed by atoms with E-state index in [1.807, 2.05) is 30.3 Å². The number of benzene rings is 2. The van der Waals surface area contributed by atoms with Crippen LogP contribution in [-0.4, -0.2) is 31.6 Å². The molecule has 0 radical (unpaired) electrons. The van der Waals surface area contributed by atoms with E-state index in [2.05, 4.69) is 15.3 Å². The van der Waals surface area contributed by atoms with Gasteiger partial charge < -0.3 is 5.32 Å². The summed E-state index contributed by atoms with van der Waals surface area (Å²) in [5.74, 6) is -0.510. The summed E-state index contributed by atoms with van der Waals surface area (Å²) in [6.45, 7) is -0.793. The van der Waals surface area contributed by atoms with Gasteiger partial charge in [0, 0.05) is 18.2 Å². The summed E-state index contributed by atoms with van der Waals surface area (Å²) in [5, 5.41) is 2.81. The molecule has 8 heteroatoms. The van der Waals surface area contributed by atoms with E-state index in [0.717, 1.165) is 10.3 Å². The lowest BCUT2D eigenvalue weighted by Crippen LogP contribution is -2.30. The van der Waals surface area contributed by atoms with Gasteiger partial charge in [0.15, 0.2) is 0 Å². The highest BCUT2D eigenvalue weighted by Crippen LogP contribution is 2.27. The number of alkyl halides is 2. The van der Waals surface area contributed by atoms with E-state index in [0.29, 0.717) is 16.7 Å². The van der Waals surface area contributed by atoms with Crippen molar-refractivity contribution in [2.75, 3.05) is 6.54 Å². The average Bonchev–Trinajstić information content (AvgIpc) is 3.37. The fourth-order valence-corrected chi connectivity index (χ4v) is 3.30. The van der Waals surface area contributed by atoms with Crippen LogP contribution in [0.4, 0.5) is 8.78 Å². The van der Waals surface area contributed by atoms with Gasteiger partial charge in [-0.15, -0.1) is 0 Å². The minimum Gasteiger partial charge on any atom is -0.350 e. The number of fused-ring (bicyclic) bond motifs is 1. The summed E-state index contributed by atoms with van der Waals surface area (Å²) in [6.07, 6.45) is 3.03. The van der Waals surface area contributed by atoms with Crippen LogP contribution in [-0.2, 0) is 0 Å². The van der Waals surface area contributed by atoms with Crippen molar-refractivity contribution in [3.8, 4) is 5.69 Å². The van der Waals surface area contributed by atoms with Crippen molar-refractivity contribution in [3.63, 3.8) is 0 Å². The molecule has 1 atom stereocenters. The van der Waals surface area contributed by atoms with Crippen LogP contribution in [0, 0.1) is 0 Å². The molecule has 1 amide bonds. The molecular weight excluding hydrogens is 376 g/mol. The topological polar surface area (TPSA) is 64.7 Å². The quantitative estimate of drug-likeness (QED) is 0.533. The third-order valence-electron chi connectivity index (χ3n) is 4.73. The van der Waals surface area contributed by atoms with Crippen molar-refractivity contribution in [2.24, 2.45) is 0 Å². The molecule has 0 fully saturated rings. The minimum atomic E-state index is -2.71. The van der Waals surface area contributed by atoms with Crippen molar-refractivity contribution in [2.45, 2.75) is 19.4 Å². The van der Waals surface area contributed by atoms with Gasteiger partial charge in [-0.2, -0.15) is 8.78 Å². The van der Waals surface area contributed by atoms with Crippen LogP contribution in [0.3, 0.4) is 0 Å². The SMILES string of the molecule is C[C@H](CNC(=O)c1cncn1-c1ccccc1)c1nc2ccccc2n1C(F)F. The molecule has 4 aromatic rings. The number of carbonyl (C=O) groups excluding carboxylic acids is 1. The Hall–Kier alpha value is -3.55. The molecule has 0 aliphatic carbocycles. The van der Waals surface area contributed by atoms with Crippen LogP contribution in [0.5, 0.6) is 0 Å². The molecule has 0 bridgehead atoms. The number of nitrogens with zero attached hydrogens (tertiary/aromatic N) is 4. The molecule has 1 N–H and O–H groups in total. The molecule has 0 aliphatic rings. The van der Waals surface area contributed by atoms with E-state index in [4.69, 9.17) is 0 Å². The molecule has 0 saturated heterocycles. The van der Waals surface area contributed by atoms with Gasteiger partial charge in [0.05, 0.1) is 23.6 Å². The van der Waals surface area contributed by atoms with E-state index in [1.165, 1.54) is 6.20 Å². The van der Waals surface area contributed by atoms with Gasteiger partial charge >= 0.3 is 6.55 Å². The van der Waals surface area contributed by atoms with E-state index in [-0.39, 0.29) is 18.3 Å². The fourth-order valence-electron chi connectivity index (χ4n) is 3.30. The Labute approximate surface area is 165 Å². The van der Waals surface area contributed by atoms with Crippen molar-refractivity contribution >= 4 is 16.9 Å². The summed E-state index contributed by atoms with van der Waals surface area (Å²) in [7, 11) is 0. The predicted octanol–water partition coefficient (Wildman–Crippen LogP) is 4.15.